The van der Waals surface area contributed by atoms with E-state index in [1.165, 1.54) is 0 Å². The molecule has 0 unspecified atom stereocenters. The van der Waals surface area contributed by atoms with Gasteiger partial charge in [0.2, 0.25) is 5.91 Å². The fourth-order valence-corrected chi connectivity index (χ4v) is 4.94. The molecule has 0 N–H and O–H groups in total. The molecule has 3 aromatic carbocycles. The fourth-order valence-electron chi connectivity index (χ4n) is 4.94. The van der Waals surface area contributed by atoms with Crippen LogP contribution in [0.5, 0.6) is 0 Å². The van der Waals surface area contributed by atoms with E-state index in [0.717, 1.165) is 16.7 Å². The van der Waals surface area contributed by atoms with Gasteiger partial charge >= 0.3 is 0 Å². The summed E-state index contributed by atoms with van der Waals surface area (Å²) in [5.74, 6) is 0.157. The number of carbonyl (C=O) groups excluding carboxylic acids is 1. The molecule has 1 amide bonds. The lowest BCUT2D eigenvalue weighted by Crippen LogP contribution is -2.40. The minimum absolute atomic E-state index is 0.157. The monoisotopic (exact) mass is 369 g/mol. The molecule has 0 bridgehead atoms. The van der Waals surface area contributed by atoms with Crippen molar-refractivity contribution in [2.45, 2.75) is 37.1 Å². The highest BCUT2D eigenvalue weighted by Crippen LogP contribution is 2.60. The summed E-state index contributed by atoms with van der Waals surface area (Å²) in [4.78, 5) is 15.0. The Labute approximate surface area is 165 Å². The molecule has 0 saturated carbocycles. The fraction of sp³-hybridized carbons (Fsp3) is 0.240. The molecule has 2 saturated heterocycles. The maximum atomic E-state index is 13.0. The molecule has 3 heteroatoms. The lowest BCUT2D eigenvalue weighted by Gasteiger charge is -2.37. The van der Waals surface area contributed by atoms with Gasteiger partial charge in [-0.2, -0.15) is 0 Å². The predicted molar refractivity (Wildman–Crippen MR) is 108 cm³/mol. The van der Waals surface area contributed by atoms with Crippen LogP contribution in [0.1, 0.15) is 42.5 Å². The van der Waals surface area contributed by atoms with Gasteiger partial charge < -0.3 is 9.64 Å². The Morgan fingerprint density at radius 2 is 1.32 bits per heavy atom. The Morgan fingerprint density at radius 3 is 1.86 bits per heavy atom. The summed E-state index contributed by atoms with van der Waals surface area (Å²) in [7, 11) is 0. The van der Waals surface area contributed by atoms with Crippen molar-refractivity contribution in [2.75, 3.05) is 0 Å². The van der Waals surface area contributed by atoms with Crippen LogP contribution in [0.25, 0.3) is 0 Å². The molecule has 0 radical (unpaired) electrons. The van der Waals surface area contributed by atoms with Crippen LogP contribution >= 0.6 is 0 Å². The van der Waals surface area contributed by atoms with Gasteiger partial charge in [0, 0.05) is 12.8 Å². The van der Waals surface area contributed by atoms with Gasteiger partial charge in [-0.25, -0.2) is 0 Å². The second-order valence-electron chi connectivity index (χ2n) is 7.82. The first-order valence-electron chi connectivity index (χ1n) is 9.83. The molecule has 140 valence electrons. The number of carbonyl (C=O) groups is 1. The summed E-state index contributed by atoms with van der Waals surface area (Å²) in [5, 5.41) is 0. The Kier molecular flexibility index (Phi) is 3.88. The van der Waals surface area contributed by atoms with Crippen molar-refractivity contribution in [1.82, 2.24) is 4.90 Å². The van der Waals surface area contributed by atoms with Gasteiger partial charge in [0.1, 0.15) is 11.3 Å². The summed E-state index contributed by atoms with van der Waals surface area (Å²) in [6.45, 7) is 2.06. The zero-order valence-corrected chi connectivity index (χ0v) is 15.9. The van der Waals surface area contributed by atoms with E-state index in [1.807, 2.05) is 59.5 Å². The molecule has 5 rings (SSSR count). The zero-order valence-electron chi connectivity index (χ0n) is 15.9. The lowest BCUT2D eigenvalue weighted by atomic mass is 9.77. The number of rotatable bonds is 3. The minimum atomic E-state index is -0.755. The average molecular weight is 369 g/mol. The highest BCUT2D eigenvalue weighted by molar-refractivity contribution is 5.81. The van der Waals surface area contributed by atoms with Gasteiger partial charge in [-0.15, -0.1) is 0 Å². The van der Waals surface area contributed by atoms with Crippen LogP contribution in [0.3, 0.4) is 0 Å². The molecular weight excluding hydrogens is 346 g/mol. The topological polar surface area (TPSA) is 29.5 Å². The van der Waals surface area contributed by atoms with Crippen LogP contribution in [-0.2, 0) is 15.1 Å². The van der Waals surface area contributed by atoms with Gasteiger partial charge in [-0.05, 0) is 23.6 Å². The highest BCUT2D eigenvalue weighted by Gasteiger charge is 2.64. The van der Waals surface area contributed by atoms with E-state index in [2.05, 4.69) is 43.3 Å². The second kappa shape index (κ2) is 6.32. The van der Waals surface area contributed by atoms with Crippen LogP contribution < -0.4 is 0 Å². The molecule has 0 aromatic heterocycles. The van der Waals surface area contributed by atoms with E-state index in [9.17, 15) is 4.79 Å². The van der Waals surface area contributed by atoms with Crippen LogP contribution in [-0.4, -0.2) is 16.5 Å². The number of hydrogen-bond acceptors (Lipinski definition) is 2. The Bertz CT molecular complexity index is 947. The maximum Gasteiger partial charge on any atom is 0.225 e. The van der Waals surface area contributed by atoms with Gasteiger partial charge in [0.25, 0.3) is 0 Å². The van der Waals surface area contributed by atoms with E-state index in [1.54, 1.807) is 0 Å². The number of nitrogens with zero attached hydrogens (tertiary/aromatic N) is 1. The summed E-state index contributed by atoms with van der Waals surface area (Å²) >= 11 is 0. The quantitative estimate of drug-likeness (QED) is 0.647. The maximum absolute atomic E-state index is 13.0. The molecule has 3 aromatic rings. The number of amides is 1. The first kappa shape index (κ1) is 17.2. The molecule has 0 aliphatic carbocycles. The summed E-state index contributed by atoms with van der Waals surface area (Å²) in [6, 6.07) is 30.7. The molecule has 2 aliphatic heterocycles. The van der Waals surface area contributed by atoms with Crippen LogP contribution in [0.4, 0.5) is 0 Å². The zero-order chi connectivity index (χ0) is 19.2. The first-order chi connectivity index (χ1) is 13.7. The molecule has 3 nitrogen and oxygen atoms in total. The molecular formula is C25H23NO2. The van der Waals surface area contributed by atoms with Crippen molar-refractivity contribution in [1.29, 1.82) is 0 Å². The molecule has 2 atom stereocenters. The van der Waals surface area contributed by atoms with Crippen LogP contribution in [0.15, 0.2) is 91.0 Å². The SMILES string of the molecule is C[C@@]12CCC(=O)N1[C@@H](c1ccccc1)C(c1ccccc1)(c1ccccc1)O2. The van der Waals surface area contributed by atoms with Gasteiger partial charge in [-0.3, -0.25) is 4.79 Å². The molecule has 2 aliphatic rings. The van der Waals surface area contributed by atoms with Gasteiger partial charge in [0.15, 0.2) is 0 Å². The standard InChI is InChI=1S/C25H23NO2/c1-24-18-17-22(27)26(24)23(19-11-5-2-6-12-19)25(28-24,20-13-7-3-8-14-20)21-15-9-4-10-16-21/h2-16,23H,17-18H2,1H3/t23-,24+/m0/s1. The van der Waals surface area contributed by atoms with Gasteiger partial charge in [0.05, 0.1) is 6.04 Å². The van der Waals surface area contributed by atoms with Crippen LogP contribution in [0, 0.1) is 0 Å². The van der Waals surface area contributed by atoms with Crippen molar-refractivity contribution >= 4 is 5.91 Å². The van der Waals surface area contributed by atoms with Crippen molar-refractivity contribution in [3.8, 4) is 0 Å². The third-order valence-corrected chi connectivity index (χ3v) is 6.13. The molecule has 2 heterocycles. The third kappa shape index (κ3) is 2.36. The number of hydrogen-bond donors (Lipinski definition) is 0. The third-order valence-electron chi connectivity index (χ3n) is 6.13. The Balaban J connectivity index is 1.83. The predicted octanol–water partition coefficient (Wildman–Crippen LogP) is 5.04. The van der Waals surface area contributed by atoms with E-state index in [4.69, 9.17) is 4.74 Å². The lowest BCUT2D eigenvalue weighted by molar-refractivity contribution is -0.139. The van der Waals surface area contributed by atoms with Crippen LogP contribution in [0.2, 0.25) is 0 Å². The Hall–Kier alpha value is -2.91. The van der Waals surface area contributed by atoms with E-state index < -0.39 is 11.3 Å². The number of benzene rings is 3. The Morgan fingerprint density at radius 1 is 0.821 bits per heavy atom. The number of ether oxygens (including phenoxy) is 1. The van der Waals surface area contributed by atoms with Crippen molar-refractivity contribution in [3.05, 3.63) is 108 Å². The molecule has 2 fully saturated rings. The van der Waals surface area contributed by atoms with E-state index in [0.29, 0.717) is 12.8 Å². The van der Waals surface area contributed by atoms with Gasteiger partial charge in [-0.1, -0.05) is 91.0 Å². The smallest absolute Gasteiger partial charge is 0.225 e. The molecule has 28 heavy (non-hydrogen) atoms. The summed E-state index contributed by atoms with van der Waals surface area (Å²) in [5.41, 5.74) is 1.85. The van der Waals surface area contributed by atoms with Crippen molar-refractivity contribution < 1.29 is 9.53 Å². The van der Waals surface area contributed by atoms with Crippen molar-refractivity contribution in [2.24, 2.45) is 0 Å². The van der Waals surface area contributed by atoms with Crippen molar-refractivity contribution in [3.63, 3.8) is 0 Å². The summed E-state index contributed by atoms with van der Waals surface area (Å²) in [6.07, 6.45) is 1.23. The highest BCUT2D eigenvalue weighted by atomic mass is 16.6. The molecule has 0 spiro atoms. The second-order valence-corrected chi connectivity index (χ2v) is 7.82. The minimum Gasteiger partial charge on any atom is -0.337 e. The largest absolute Gasteiger partial charge is 0.337 e. The van der Waals surface area contributed by atoms with E-state index in [-0.39, 0.29) is 11.9 Å². The number of fused-ring (bicyclic) bond motifs is 1. The summed E-state index contributed by atoms with van der Waals surface area (Å²) < 4.78 is 6.98. The normalized spacial score (nSPS) is 25.7. The first-order valence-corrected chi connectivity index (χ1v) is 9.83. The van der Waals surface area contributed by atoms with E-state index >= 15 is 0 Å². The average Bonchev–Trinajstić information content (AvgIpc) is 3.20.